The predicted octanol–water partition coefficient (Wildman–Crippen LogP) is 3.84. The smallest absolute Gasteiger partial charge is 0.151 e. The molecule has 0 atom stereocenters. The van der Waals surface area contributed by atoms with Gasteiger partial charge in [0, 0.05) is 23.0 Å². The first kappa shape index (κ1) is 12.3. The normalized spacial score (nSPS) is 10.7. The lowest BCUT2D eigenvalue weighted by atomic mass is 10.2. The Kier molecular flexibility index (Phi) is 2.95. The van der Waals surface area contributed by atoms with Gasteiger partial charge in [-0.2, -0.15) is 0 Å². The molecule has 100 valence electrons. The zero-order chi connectivity index (χ0) is 14.1. The van der Waals surface area contributed by atoms with E-state index in [0.29, 0.717) is 5.69 Å². The number of halogens is 2. The molecule has 0 radical (unpaired) electrons. The van der Waals surface area contributed by atoms with Crippen LogP contribution >= 0.6 is 0 Å². The maximum Gasteiger partial charge on any atom is 0.151 e. The van der Waals surface area contributed by atoms with Gasteiger partial charge in [-0.15, -0.1) is 0 Å². The molecule has 0 fully saturated rings. The number of nitrogens with one attached hydrogen (secondary N) is 1. The molecule has 0 bridgehead atoms. The van der Waals surface area contributed by atoms with Crippen LogP contribution in [-0.2, 0) is 0 Å². The Morgan fingerprint density at radius 2 is 1.75 bits per heavy atom. The quantitative estimate of drug-likeness (QED) is 0.696. The lowest BCUT2D eigenvalue weighted by Crippen LogP contribution is -1.99. The number of pyridine rings is 1. The lowest BCUT2D eigenvalue weighted by Gasteiger charge is -2.10. The first-order valence-electron chi connectivity index (χ1n) is 6.00. The molecular weight excluding hydrogens is 260 g/mol. The van der Waals surface area contributed by atoms with E-state index in [1.165, 1.54) is 0 Å². The van der Waals surface area contributed by atoms with Crippen LogP contribution in [0.25, 0.3) is 10.9 Å². The van der Waals surface area contributed by atoms with Crippen molar-refractivity contribution in [3.63, 3.8) is 0 Å². The van der Waals surface area contributed by atoms with Gasteiger partial charge < -0.3 is 11.1 Å². The molecule has 0 saturated heterocycles. The third-order valence-corrected chi connectivity index (χ3v) is 2.94. The molecule has 0 unspecified atom stereocenters. The zero-order valence-corrected chi connectivity index (χ0v) is 10.4. The Labute approximate surface area is 114 Å². The molecule has 3 rings (SSSR count). The van der Waals surface area contributed by atoms with Gasteiger partial charge in [-0.25, -0.2) is 8.78 Å². The van der Waals surface area contributed by atoms with Gasteiger partial charge in [-0.05, 0) is 36.4 Å². The summed E-state index contributed by atoms with van der Waals surface area (Å²) in [6, 6.07) is 11.1. The van der Waals surface area contributed by atoms with Crippen molar-refractivity contribution in [2.24, 2.45) is 0 Å². The van der Waals surface area contributed by atoms with Gasteiger partial charge in [0.15, 0.2) is 11.6 Å². The third kappa shape index (κ3) is 2.25. The second-order valence-corrected chi connectivity index (χ2v) is 4.40. The molecule has 1 aromatic heterocycles. The van der Waals surface area contributed by atoms with E-state index >= 15 is 0 Å². The predicted molar refractivity (Wildman–Crippen MR) is 75.8 cm³/mol. The highest BCUT2D eigenvalue weighted by Crippen LogP contribution is 2.27. The van der Waals surface area contributed by atoms with E-state index in [0.717, 1.165) is 23.0 Å². The second-order valence-electron chi connectivity index (χ2n) is 4.40. The van der Waals surface area contributed by atoms with Crippen LogP contribution in [0.1, 0.15) is 0 Å². The highest BCUT2D eigenvalue weighted by atomic mass is 19.1. The van der Waals surface area contributed by atoms with Gasteiger partial charge >= 0.3 is 0 Å². The van der Waals surface area contributed by atoms with Gasteiger partial charge in [-0.3, -0.25) is 4.98 Å². The van der Waals surface area contributed by atoms with Crippen molar-refractivity contribution in [3.05, 3.63) is 60.3 Å². The van der Waals surface area contributed by atoms with Crippen LogP contribution < -0.4 is 11.1 Å². The number of aromatic nitrogens is 1. The number of fused-ring (bicyclic) bond motifs is 1. The van der Waals surface area contributed by atoms with Crippen LogP contribution in [0.5, 0.6) is 0 Å². The molecule has 20 heavy (non-hydrogen) atoms. The van der Waals surface area contributed by atoms with Gasteiger partial charge in [0.05, 0.1) is 5.52 Å². The maximum absolute atomic E-state index is 13.7. The van der Waals surface area contributed by atoms with Crippen LogP contribution in [-0.4, -0.2) is 4.98 Å². The molecule has 0 amide bonds. The monoisotopic (exact) mass is 271 g/mol. The van der Waals surface area contributed by atoms with E-state index < -0.39 is 11.6 Å². The highest BCUT2D eigenvalue weighted by Gasteiger charge is 2.10. The third-order valence-electron chi connectivity index (χ3n) is 2.94. The molecule has 0 aliphatic heterocycles. The van der Waals surface area contributed by atoms with Gasteiger partial charge in [0.2, 0.25) is 0 Å². The summed E-state index contributed by atoms with van der Waals surface area (Å²) >= 11 is 0. The van der Waals surface area contributed by atoms with Gasteiger partial charge in [-0.1, -0.05) is 6.07 Å². The number of hydrogen-bond donors (Lipinski definition) is 2. The van der Waals surface area contributed by atoms with Crippen LogP contribution in [0.3, 0.4) is 0 Å². The Hall–Kier alpha value is -2.69. The van der Waals surface area contributed by atoms with Crippen molar-refractivity contribution in [2.75, 3.05) is 11.1 Å². The fraction of sp³-hybridized carbons (Fsp3) is 0. The molecule has 0 aliphatic carbocycles. The first-order valence-corrected chi connectivity index (χ1v) is 6.00. The maximum atomic E-state index is 13.7. The number of nitrogen functional groups attached to an aromatic ring is 1. The summed E-state index contributed by atoms with van der Waals surface area (Å²) in [5.74, 6) is -1.46. The summed E-state index contributed by atoms with van der Waals surface area (Å²) in [5, 5.41) is 3.61. The van der Waals surface area contributed by atoms with Crippen molar-refractivity contribution in [2.45, 2.75) is 0 Å². The SMILES string of the molecule is Nc1cc(F)c(Nc2ccc3ncccc3c2)c(F)c1. The summed E-state index contributed by atoms with van der Waals surface area (Å²) in [6.07, 6.45) is 1.69. The van der Waals surface area contributed by atoms with E-state index in [-0.39, 0.29) is 11.4 Å². The van der Waals surface area contributed by atoms with E-state index in [1.54, 1.807) is 30.5 Å². The van der Waals surface area contributed by atoms with Crippen molar-refractivity contribution >= 4 is 28.0 Å². The molecule has 5 heteroatoms. The Balaban J connectivity index is 2.01. The number of hydrogen-bond acceptors (Lipinski definition) is 3. The molecular formula is C15H11F2N3. The number of nitrogens with zero attached hydrogens (tertiary/aromatic N) is 1. The number of anilines is 3. The summed E-state index contributed by atoms with van der Waals surface area (Å²) < 4.78 is 27.4. The molecule has 3 aromatic rings. The topological polar surface area (TPSA) is 50.9 Å². The van der Waals surface area contributed by atoms with E-state index in [2.05, 4.69) is 10.3 Å². The minimum atomic E-state index is -0.728. The standard InChI is InChI=1S/C15H11F2N3/c16-12-7-10(18)8-13(17)15(12)20-11-3-4-14-9(6-11)2-1-5-19-14/h1-8,20H,18H2. The van der Waals surface area contributed by atoms with Crippen LogP contribution in [0, 0.1) is 11.6 Å². The van der Waals surface area contributed by atoms with Crippen molar-refractivity contribution in [3.8, 4) is 0 Å². The fourth-order valence-corrected chi connectivity index (χ4v) is 2.01. The van der Waals surface area contributed by atoms with Crippen molar-refractivity contribution in [1.29, 1.82) is 0 Å². The minimum Gasteiger partial charge on any atom is -0.399 e. The van der Waals surface area contributed by atoms with Crippen LogP contribution in [0.4, 0.5) is 25.8 Å². The Bertz CT molecular complexity index is 764. The molecule has 0 spiro atoms. The molecule has 0 aliphatic rings. The van der Waals surface area contributed by atoms with E-state index in [9.17, 15) is 8.78 Å². The van der Waals surface area contributed by atoms with Crippen molar-refractivity contribution in [1.82, 2.24) is 4.98 Å². The molecule has 1 heterocycles. The summed E-state index contributed by atoms with van der Waals surface area (Å²) in [7, 11) is 0. The number of rotatable bonds is 2. The summed E-state index contributed by atoms with van der Waals surface area (Å²) in [6.45, 7) is 0. The highest BCUT2D eigenvalue weighted by molar-refractivity contribution is 5.83. The second kappa shape index (κ2) is 4.77. The van der Waals surface area contributed by atoms with E-state index in [4.69, 9.17) is 5.73 Å². The van der Waals surface area contributed by atoms with Crippen LogP contribution in [0.2, 0.25) is 0 Å². The Morgan fingerprint density at radius 1 is 1.00 bits per heavy atom. The largest absolute Gasteiger partial charge is 0.399 e. The fourth-order valence-electron chi connectivity index (χ4n) is 2.01. The molecule has 3 N–H and O–H groups in total. The number of nitrogens with two attached hydrogens (primary N) is 1. The van der Waals surface area contributed by atoms with Crippen molar-refractivity contribution < 1.29 is 8.78 Å². The Morgan fingerprint density at radius 3 is 2.50 bits per heavy atom. The number of benzene rings is 2. The lowest BCUT2D eigenvalue weighted by molar-refractivity contribution is 0.592. The molecule has 3 nitrogen and oxygen atoms in total. The zero-order valence-electron chi connectivity index (χ0n) is 10.4. The van der Waals surface area contributed by atoms with Gasteiger partial charge in [0.1, 0.15) is 5.69 Å². The summed E-state index contributed by atoms with van der Waals surface area (Å²) in [5.41, 5.74) is 6.60. The molecule has 0 saturated carbocycles. The van der Waals surface area contributed by atoms with Gasteiger partial charge in [0.25, 0.3) is 0 Å². The molecule has 2 aromatic carbocycles. The average molecular weight is 271 g/mol. The first-order chi connectivity index (χ1) is 9.63. The van der Waals surface area contributed by atoms with E-state index in [1.807, 2.05) is 6.07 Å². The van der Waals surface area contributed by atoms with Crippen LogP contribution in [0.15, 0.2) is 48.7 Å². The average Bonchev–Trinajstić information content (AvgIpc) is 2.42. The summed E-state index contributed by atoms with van der Waals surface area (Å²) in [4.78, 5) is 4.18. The minimum absolute atomic E-state index is 0.0493.